The Labute approximate surface area is 61.3 Å². The number of rotatable bonds is 0. The molecule has 0 saturated carbocycles. The molecule has 0 atom stereocenters. The van der Waals surface area contributed by atoms with Gasteiger partial charge in [0.1, 0.15) is 6.54 Å². The summed E-state index contributed by atoms with van der Waals surface area (Å²) in [5, 5.41) is 11.6. The monoisotopic (exact) mass is 139 g/mol. The van der Waals surface area contributed by atoms with Gasteiger partial charge in [-0.05, 0) is 11.5 Å². The second-order valence-corrected chi connectivity index (χ2v) is 3.60. The van der Waals surface area contributed by atoms with Gasteiger partial charge in [-0.1, -0.05) is 6.58 Å². The Hall–Kier alpha value is -0.340. The van der Waals surface area contributed by atoms with Gasteiger partial charge in [-0.2, -0.15) is 0 Å². The minimum atomic E-state index is 0.0231. The smallest absolute Gasteiger partial charge is 0.100 e. The van der Waals surface area contributed by atoms with Gasteiger partial charge in [0.2, 0.25) is 0 Å². The standard InChI is InChI=1S/C8H13NO/c1-7-6-9(10)4-2-8(7)3-5-9/h8H,1-6H2. The van der Waals surface area contributed by atoms with Crippen molar-refractivity contribution in [3.05, 3.63) is 17.4 Å². The summed E-state index contributed by atoms with van der Waals surface area (Å²) in [6.07, 6.45) is 2.17. The molecule has 3 aliphatic rings. The van der Waals surface area contributed by atoms with Crippen LogP contribution >= 0.6 is 0 Å². The van der Waals surface area contributed by atoms with Crippen LogP contribution in [-0.4, -0.2) is 24.3 Å². The lowest BCUT2D eigenvalue weighted by atomic mass is 9.84. The van der Waals surface area contributed by atoms with Gasteiger partial charge in [0.15, 0.2) is 0 Å². The zero-order chi connectivity index (χ0) is 7.19. The molecule has 0 aliphatic carbocycles. The predicted molar refractivity (Wildman–Crippen MR) is 40.1 cm³/mol. The predicted octanol–water partition coefficient (Wildman–Crippen LogP) is 1.28. The summed E-state index contributed by atoms with van der Waals surface area (Å²) in [5.41, 5.74) is 1.20. The van der Waals surface area contributed by atoms with Gasteiger partial charge < -0.3 is 9.85 Å². The minimum absolute atomic E-state index is 0.0231. The van der Waals surface area contributed by atoms with E-state index in [-0.39, 0.29) is 4.65 Å². The van der Waals surface area contributed by atoms with Gasteiger partial charge in [-0.15, -0.1) is 0 Å². The lowest BCUT2D eigenvalue weighted by molar-refractivity contribution is -0.889. The van der Waals surface area contributed by atoms with Crippen molar-refractivity contribution in [2.24, 2.45) is 5.92 Å². The molecule has 3 fully saturated rings. The van der Waals surface area contributed by atoms with Crippen LogP contribution < -0.4 is 0 Å². The molecule has 0 aromatic rings. The third-order valence-corrected chi connectivity index (χ3v) is 2.84. The number of nitrogens with zero attached hydrogens (tertiary/aromatic N) is 1. The van der Waals surface area contributed by atoms with E-state index in [1.54, 1.807) is 0 Å². The van der Waals surface area contributed by atoms with Crippen LogP contribution in [0.2, 0.25) is 0 Å². The van der Waals surface area contributed by atoms with Gasteiger partial charge in [0.25, 0.3) is 0 Å². The normalized spacial score (nSPS) is 46.1. The molecule has 56 valence electrons. The summed E-state index contributed by atoms with van der Waals surface area (Å²) in [6.45, 7) is 6.30. The van der Waals surface area contributed by atoms with E-state index in [0.29, 0.717) is 12.5 Å². The van der Waals surface area contributed by atoms with Crippen molar-refractivity contribution < 1.29 is 4.65 Å². The lowest BCUT2D eigenvalue weighted by Gasteiger charge is -2.53. The van der Waals surface area contributed by atoms with Crippen molar-refractivity contribution in [3.8, 4) is 0 Å². The van der Waals surface area contributed by atoms with Crippen LogP contribution in [0.5, 0.6) is 0 Å². The molecule has 3 saturated heterocycles. The Morgan fingerprint density at radius 1 is 1.40 bits per heavy atom. The van der Waals surface area contributed by atoms with Crippen LogP contribution in [0.3, 0.4) is 0 Å². The first kappa shape index (κ1) is 6.38. The van der Waals surface area contributed by atoms with Crippen LogP contribution in [0.4, 0.5) is 0 Å². The molecular weight excluding hydrogens is 126 g/mol. The summed E-state index contributed by atoms with van der Waals surface area (Å²) in [4.78, 5) is 0. The van der Waals surface area contributed by atoms with Gasteiger partial charge in [0, 0.05) is 12.8 Å². The number of piperidine rings is 3. The van der Waals surface area contributed by atoms with E-state index >= 15 is 0 Å². The first-order valence-corrected chi connectivity index (χ1v) is 3.94. The van der Waals surface area contributed by atoms with Crippen LogP contribution in [-0.2, 0) is 0 Å². The maximum atomic E-state index is 11.6. The van der Waals surface area contributed by atoms with E-state index in [1.165, 1.54) is 5.57 Å². The molecule has 0 radical (unpaired) electrons. The van der Waals surface area contributed by atoms with Crippen LogP contribution in [0.15, 0.2) is 12.2 Å². The van der Waals surface area contributed by atoms with E-state index in [4.69, 9.17) is 0 Å². The number of quaternary nitrogens is 1. The zero-order valence-corrected chi connectivity index (χ0v) is 6.18. The van der Waals surface area contributed by atoms with Crippen LogP contribution in [0.25, 0.3) is 0 Å². The van der Waals surface area contributed by atoms with Crippen molar-refractivity contribution in [1.29, 1.82) is 0 Å². The molecule has 0 amide bonds. The molecule has 3 heterocycles. The van der Waals surface area contributed by atoms with E-state index in [0.717, 1.165) is 25.9 Å². The number of fused-ring (bicyclic) bond motifs is 3. The third kappa shape index (κ3) is 0.796. The summed E-state index contributed by atoms with van der Waals surface area (Å²) < 4.78 is 0.0231. The molecule has 10 heavy (non-hydrogen) atoms. The molecule has 0 N–H and O–H groups in total. The quantitative estimate of drug-likeness (QED) is 0.281. The van der Waals surface area contributed by atoms with Gasteiger partial charge in [0.05, 0.1) is 13.1 Å². The number of hydrogen-bond donors (Lipinski definition) is 0. The van der Waals surface area contributed by atoms with Gasteiger partial charge in [-0.25, -0.2) is 0 Å². The SMILES string of the molecule is C=C1C[N+]2([O-])CCC1CC2. The second kappa shape index (κ2) is 1.83. The fourth-order valence-corrected chi connectivity index (χ4v) is 2.10. The Morgan fingerprint density at radius 3 is 2.30 bits per heavy atom. The third-order valence-electron chi connectivity index (χ3n) is 2.84. The Bertz CT molecular complexity index is 168. The fraction of sp³-hybridized carbons (Fsp3) is 0.750. The topological polar surface area (TPSA) is 23.1 Å². The van der Waals surface area contributed by atoms with Crippen LogP contribution in [0, 0.1) is 11.1 Å². The molecule has 0 unspecified atom stereocenters. The highest BCUT2D eigenvalue weighted by Gasteiger charge is 2.35. The molecule has 2 heteroatoms. The maximum Gasteiger partial charge on any atom is 0.100 e. The highest BCUT2D eigenvalue weighted by molar-refractivity contribution is 5.05. The minimum Gasteiger partial charge on any atom is -0.633 e. The summed E-state index contributed by atoms with van der Waals surface area (Å²) in [6, 6.07) is 0. The molecule has 0 aromatic heterocycles. The largest absolute Gasteiger partial charge is 0.633 e. The van der Waals surface area contributed by atoms with Crippen molar-refractivity contribution in [3.63, 3.8) is 0 Å². The highest BCUT2D eigenvalue weighted by atomic mass is 16.5. The van der Waals surface area contributed by atoms with Crippen LogP contribution in [0.1, 0.15) is 12.8 Å². The number of hydrogen-bond acceptors (Lipinski definition) is 1. The first-order chi connectivity index (χ1) is 4.70. The molecular formula is C8H13NO. The Kier molecular flexibility index (Phi) is 1.17. The average Bonchev–Trinajstić information content (AvgIpc) is 1.87. The Morgan fingerprint density at radius 2 is 2.00 bits per heavy atom. The molecule has 0 aromatic carbocycles. The molecule has 3 rings (SSSR count). The average molecular weight is 139 g/mol. The lowest BCUT2D eigenvalue weighted by Crippen LogP contribution is -2.54. The summed E-state index contributed by atoms with van der Waals surface area (Å²) in [5.74, 6) is 0.689. The molecule has 2 bridgehead atoms. The highest BCUT2D eigenvalue weighted by Crippen LogP contribution is 2.35. The van der Waals surface area contributed by atoms with E-state index in [9.17, 15) is 5.21 Å². The van der Waals surface area contributed by atoms with E-state index in [1.807, 2.05) is 0 Å². The fourth-order valence-electron chi connectivity index (χ4n) is 2.10. The van der Waals surface area contributed by atoms with E-state index < -0.39 is 0 Å². The molecule has 3 aliphatic heterocycles. The second-order valence-electron chi connectivity index (χ2n) is 3.60. The Balaban J connectivity index is 2.22. The van der Waals surface area contributed by atoms with Crippen molar-refractivity contribution in [2.75, 3.05) is 19.6 Å². The van der Waals surface area contributed by atoms with Crippen molar-refractivity contribution in [2.45, 2.75) is 12.8 Å². The summed E-state index contributed by atoms with van der Waals surface area (Å²) in [7, 11) is 0. The maximum absolute atomic E-state index is 11.6. The molecule has 0 spiro atoms. The zero-order valence-electron chi connectivity index (χ0n) is 6.18. The number of hydroxylamine groups is 3. The van der Waals surface area contributed by atoms with Gasteiger partial charge in [-0.3, -0.25) is 0 Å². The van der Waals surface area contributed by atoms with Crippen molar-refractivity contribution in [1.82, 2.24) is 0 Å². The van der Waals surface area contributed by atoms with Gasteiger partial charge >= 0.3 is 0 Å². The molecule has 2 nitrogen and oxygen atoms in total. The van der Waals surface area contributed by atoms with Crippen molar-refractivity contribution >= 4 is 0 Å². The van der Waals surface area contributed by atoms with E-state index in [2.05, 4.69) is 6.58 Å². The summed E-state index contributed by atoms with van der Waals surface area (Å²) >= 11 is 0. The first-order valence-electron chi connectivity index (χ1n) is 3.94.